The molecule has 3 rings (SSSR count). The first-order valence-corrected chi connectivity index (χ1v) is 8.34. The van der Waals surface area contributed by atoms with E-state index in [1.807, 2.05) is 43.5 Å². The Labute approximate surface area is 137 Å². The number of nitrogens with zero attached hydrogens (tertiary/aromatic N) is 1. The molecule has 0 bridgehead atoms. The van der Waals surface area contributed by atoms with Crippen LogP contribution in [0.3, 0.4) is 0 Å². The molecule has 0 spiro atoms. The first-order valence-electron chi connectivity index (χ1n) is 8.34. The maximum atomic E-state index is 12.7. The summed E-state index contributed by atoms with van der Waals surface area (Å²) in [6.07, 6.45) is 5.58. The van der Waals surface area contributed by atoms with Gasteiger partial charge in [0.25, 0.3) is 0 Å². The van der Waals surface area contributed by atoms with Crippen LogP contribution in [0.2, 0.25) is 0 Å². The Morgan fingerprint density at radius 3 is 2.61 bits per heavy atom. The van der Waals surface area contributed by atoms with Gasteiger partial charge in [0, 0.05) is 18.3 Å². The van der Waals surface area contributed by atoms with Gasteiger partial charge in [0.15, 0.2) is 5.75 Å². The average Bonchev–Trinajstić information content (AvgIpc) is 2.59. The lowest BCUT2D eigenvalue weighted by Gasteiger charge is -2.26. The van der Waals surface area contributed by atoms with Gasteiger partial charge >= 0.3 is 0 Å². The Morgan fingerprint density at radius 1 is 1.13 bits per heavy atom. The van der Waals surface area contributed by atoms with Crippen molar-refractivity contribution in [3.8, 4) is 5.75 Å². The lowest BCUT2D eigenvalue weighted by Crippen LogP contribution is -2.31. The highest BCUT2D eigenvalue weighted by atomic mass is 16.5. The molecule has 0 unspecified atom stereocenters. The standard InChI is InChI=1S/C19H24N2O2/c1-15-19(23-14-16-8-4-2-5-9-16)18(22)17(12-20-15)13-21-10-6-3-7-11-21/h2,4-5,8-9,12H,3,6-7,10-11,13-14H2,1H3,(H,20,22). The predicted molar refractivity (Wildman–Crippen MR) is 91.7 cm³/mol. The number of H-pyrrole nitrogens is 1. The molecule has 0 saturated carbocycles. The Bertz CT molecular complexity index is 688. The van der Waals surface area contributed by atoms with Crippen molar-refractivity contribution in [1.82, 2.24) is 9.88 Å². The van der Waals surface area contributed by atoms with Crippen LogP contribution in [0.5, 0.6) is 5.75 Å². The topological polar surface area (TPSA) is 45.3 Å². The molecule has 1 aromatic carbocycles. The van der Waals surface area contributed by atoms with Crippen molar-refractivity contribution in [2.24, 2.45) is 0 Å². The number of piperidine rings is 1. The van der Waals surface area contributed by atoms with Crippen molar-refractivity contribution in [1.29, 1.82) is 0 Å². The summed E-state index contributed by atoms with van der Waals surface area (Å²) in [5.41, 5.74) is 2.66. The largest absolute Gasteiger partial charge is 0.483 e. The average molecular weight is 312 g/mol. The molecule has 1 aromatic heterocycles. The summed E-state index contributed by atoms with van der Waals surface area (Å²) >= 11 is 0. The van der Waals surface area contributed by atoms with Crippen LogP contribution < -0.4 is 10.2 Å². The lowest BCUT2D eigenvalue weighted by atomic mass is 10.1. The quantitative estimate of drug-likeness (QED) is 0.922. The molecule has 1 fully saturated rings. The zero-order valence-corrected chi connectivity index (χ0v) is 13.7. The molecule has 122 valence electrons. The van der Waals surface area contributed by atoms with Crippen LogP contribution in [-0.4, -0.2) is 23.0 Å². The van der Waals surface area contributed by atoms with Gasteiger partial charge in [-0.25, -0.2) is 0 Å². The van der Waals surface area contributed by atoms with E-state index < -0.39 is 0 Å². The van der Waals surface area contributed by atoms with Crippen LogP contribution in [0.1, 0.15) is 36.1 Å². The minimum Gasteiger partial charge on any atom is -0.483 e. The number of pyridine rings is 1. The van der Waals surface area contributed by atoms with Gasteiger partial charge in [0.2, 0.25) is 5.43 Å². The number of aromatic amines is 1. The van der Waals surface area contributed by atoms with Gasteiger partial charge in [0.1, 0.15) is 6.61 Å². The molecule has 0 aliphatic carbocycles. The van der Waals surface area contributed by atoms with Gasteiger partial charge in [-0.1, -0.05) is 36.8 Å². The number of hydrogen-bond acceptors (Lipinski definition) is 3. The number of aryl methyl sites for hydroxylation is 1. The first kappa shape index (κ1) is 15.8. The number of ether oxygens (including phenoxy) is 1. The molecule has 0 radical (unpaired) electrons. The van der Waals surface area contributed by atoms with Crippen LogP contribution in [0.25, 0.3) is 0 Å². The van der Waals surface area contributed by atoms with Crippen LogP contribution in [0, 0.1) is 6.92 Å². The van der Waals surface area contributed by atoms with E-state index in [0.717, 1.165) is 29.9 Å². The SMILES string of the molecule is Cc1[nH]cc(CN2CCCCC2)c(=O)c1OCc1ccccc1. The fourth-order valence-electron chi connectivity index (χ4n) is 3.02. The van der Waals surface area contributed by atoms with E-state index >= 15 is 0 Å². The Morgan fingerprint density at radius 2 is 1.87 bits per heavy atom. The van der Waals surface area contributed by atoms with Crippen molar-refractivity contribution in [3.63, 3.8) is 0 Å². The third-order valence-corrected chi connectivity index (χ3v) is 4.37. The Hall–Kier alpha value is -2.07. The predicted octanol–water partition coefficient (Wildman–Crippen LogP) is 3.25. The second kappa shape index (κ2) is 7.47. The molecule has 1 N–H and O–H groups in total. The molecule has 2 aromatic rings. The molecule has 0 amide bonds. The summed E-state index contributed by atoms with van der Waals surface area (Å²) in [6, 6.07) is 9.92. The third kappa shape index (κ3) is 4.02. The lowest BCUT2D eigenvalue weighted by molar-refractivity contribution is 0.219. The molecule has 4 heteroatoms. The summed E-state index contributed by atoms with van der Waals surface area (Å²) in [6.45, 7) is 5.16. The van der Waals surface area contributed by atoms with Crippen molar-refractivity contribution >= 4 is 0 Å². The van der Waals surface area contributed by atoms with Gasteiger partial charge in [0.05, 0.1) is 5.69 Å². The highest BCUT2D eigenvalue weighted by Gasteiger charge is 2.15. The number of hydrogen-bond donors (Lipinski definition) is 1. The van der Waals surface area contributed by atoms with Crippen LogP contribution >= 0.6 is 0 Å². The van der Waals surface area contributed by atoms with Crippen LogP contribution in [0.15, 0.2) is 41.3 Å². The maximum Gasteiger partial charge on any atom is 0.228 e. The van der Waals surface area contributed by atoms with E-state index in [0.29, 0.717) is 18.9 Å². The molecule has 2 heterocycles. The van der Waals surface area contributed by atoms with Crippen molar-refractivity contribution in [2.45, 2.75) is 39.3 Å². The normalized spacial score (nSPS) is 15.5. The first-order chi connectivity index (χ1) is 11.2. The van der Waals surface area contributed by atoms with Gasteiger partial charge in [-0.2, -0.15) is 0 Å². The second-order valence-electron chi connectivity index (χ2n) is 6.21. The third-order valence-electron chi connectivity index (χ3n) is 4.37. The monoisotopic (exact) mass is 312 g/mol. The second-order valence-corrected chi connectivity index (χ2v) is 6.21. The highest BCUT2D eigenvalue weighted by molar-refractivity contribution is 5.31. The van der Waals surface area contributed by atoms with E-state index in [-0.39, 0.29) is 5.43 Å². The number of benzene rings is 1. The van der Waals surface area contributed by atoms with Gasteiger partial charge < -0.3 is 9.72 Å². The zero-order valence-electron chi connectivity index (χ0n) is 13.7. The van der Waals surface area contributed by atoms with Gasteiger partial charge in [-0.05, 0) is 38.4 Å². The summed E-state index contributed by atoms with van der Waals surface area (Å²) in [5, 5.41) is 0. The number of aromatic nitrogens is 1. The molecular weight excluding hydrogens is 288 g/mol. The van der Waals surface area contributed by atoms with Crippen molar-refractivity contribution < 1.29 is 4.74 Å². The fraction of sp³-hybridized carbons (Fsp3) is 0.421. The Kier molecular flexibility index (Phi) is 5.13. The molecule has 1 aliphatic heterocycles. The van der Waals surface area contributed by atoms with E-state index in [4.69, 9.17) is 4.74 Å². The summed E-state index contributed by atoms with van der Waals surface area (Å²) < 4.78 is 5.82. The van der Waals surface area contributed by atoms with Crippen molar-refractivity contribution in [3.05, 3.63) is 63.6 Å². The Balaban J connectivity index is 1.74. The minimum atomic E-state index is 0.0164. The summed E-state index contributed by atoms with van der Waals surface area (Å²) in [4.78, 5) is 18.2. The highest BCUT2D eigenvalue weighted by Crippen LogP contribution is 2.15. The summed E-state index contributed by atoms with van der Waals surface area (Å²) in [7, 11) is 0. The van der Waals surface area contributed by atoms with Crippen molar-refractivity contribution in [2.75, 3.05) is 13.1 Å². The van der Waals surface area contributed by atoms with E-state index in [1.54, 1.807) is 0 Å². The van der Waals surface area contributed by atoms with Crippen LogP contribution in [-0.2, 0) is 13.2 Å². The smallest absolute Gasteiger partial charge is 0.228 e. The summed E-state index contributed by atoms with van der Waals surface area (Å²) in [5.74, 6) is 0.448. The molecular formula is C19H24N2O2. The zero-order chi connectivity index (χ0) is 16.1. The molecule has 0 atom stereocenters. The molecule has 23 heavy (non-hydrogen) atoms. The van der Waals surface area contributed by atoms with E-state index in [2.05, 4.69) is 9.88 Å². The number of nitrogens with one attached hydrogen (secondary N) is 1. The maximum absolute atomic E-state index is 12.7. The number of likely N-dealkylation sites (tertiary alicyclic amines) is 1. The van der Waals surface area contributed by atoms with E-state index in [9.17, 15) is 4.79 Å². The molecule has 1 aliphatic rings. The minimum absolute atomic E-state index is 0.0164. The molecule has 1 saturated heterocycles. The van der Waals surface area contributed by atoms with Gasteiger partial charge in [-0.3, -0.25) is 9.69 Å². The fourth-order valence-corrected chi connectivity index (χ4v) is 3.02. The van der Waals surface area contributed by atoms with Crippen LogP contribution in [0.4, 0.5) is 0 Å². The van der Waals surface area contributed by atoms with Gasteiger partial charge in [-0.15, -0.1) is 0 Å². The molecule has 4 nitrogen and oxygen atoms in total. The number of rotatable bonds is 5. The van der Waals surface area contributed by atoms with E-state index in [1.165, 1.54) is 19.3 Å².